The smallest absolute Gasteiger partial charge is 0.135 e. The molecular weight excluding hydrogens is 741 g/mol. The van der Waals surface area contributed by atoms with Crippen LogP contribution < -0.4 is 4.90 Å². The van der Waals surface area contributed by atoms with Crippen LogP contribution in [0, 0.1) is 0 Å². The minimum atomic E-state index is 0.570. The number of benzene rings is 9. The van der Waals surface area contributed by atoms with Crippen molar-refractivity contribution in [1.29, 1.82) is 0 Å². The lowest BCUT2D eigenvalue weighted by atomic mass is 9.80. The fraction of sp³-hybridized carbons (Fsp3) is 0.103. The van der Waals surface area contributed by atoms with Gasteiger partial charge in [-0.25, -0.2) is 0 Å². The summed E-state index contributed by atoms with van der Waals surface area (Å²) in [6.07, 6.45) is 6.44. The number of furan rings is 1. The Morgan fingerprint density at radius 2 is 1.10 bits per heavy atom. The third-order valence-corrected chi connectivity index (χ3v) is 13.2. The van der Waals surface area contributed by atoms with Crippen LogP contribution in [0.2, 0.25) is 0 Å². The van der Waals surface area contributed by atoms with Gasteiger partial charge in [-0.05, 0) is 107 Å². The molecule has 0 atom stereocenters. The van der Waals surface area contributed by atoms with Gasteiger partial charge in [0.1, 0.15) is 11.2 Å². The van der Waals surface area contributed by atoms with Crippen LogP contribution in [0.25, 0.3) is 82.5 Å². The van der Waals surface area contributed by atoms with E-state index in [0.29, 0.717) is 5.92 Å². The lowest BCUT2D eigenvalue weighted by Gasteiger charge is -2.30. The molecule has 1 aliphatic rings. The first-order valence-electron chi connectivity index (χ1n) is 21.8. The maximum absolute atomic E-state index is 6.40. The zero-order valence-electron chi connectivity index (χ0n) is 34.0. The number of anilines is 3. The molecule has 1 fully saturated rings. The van der Waals surface area contributed by atoms with Gasteiger partial charge < -0.3 is 13.9 Å². The summed E-state index contributed by atoms with van der Waals surface area (Å²) in [5, 5.41) is 7.39. The van der Waals surface area contributed by atoms with Crippen LogP contribution in [-0.4, -0.2) is 4.57 Å². The van der Waals surface area contributed by atoms with E-state index in [1.165, 1.54) is 81.4 Å². The van der Waals surface area contributed by atoms with Crippen LogP contribution in [0.5, 0.6) is 0 Å². The molecule has 292 valence electrons. The van der Waals surface area contributed by atoms with Gasteiger partial charge in [0.15, 0.2) is 0 Å². The van der Waals surface area contributed by atoms with Crippen LogP contribution in [0.15, 0.2) is 205 Å². The second-order valence-electron chi connectivity index (χ2n) is 16.7. The number of aromatic nitrogens is 1. The maximum atomic E-state index is 6.40. The van der Waals surface area contributed by atoms with Crippen LogP contribution in [0.3, 0.4) is 0 Å². The molecule has 0 unspecified atom stereocenters. The molecule has 61 heavy (non-hydrogen) atoms. The van der Waals surface area contributed by atoms with E-state index in [1.807, 2.05) is 6.07 Å². The Kier molecular flexibility index (Phi) is 8.59. The number of para-hydroxylation sites is 5. The average Bonchev–Trinajstić information content (AvgIpc) is 3.87. The zero-order chi connectivity index (χ0) is 40.3. The second kappa shape index (κ2) is 14.7. The molecule has 9 aromatic carbocycles. The summed E-state index contributed by atoms with van der Waals surface area (Å²) >= 11 is 0. The third kappa shape index (κ3) is 5.95. The van der Waals surface area contributed by atoms with Crippen LogP contribution in [0.4, 0.5) is 17.1 Å². The summed E-state index contributed by atoms with van der Waals surface area (Å²) in [5.74, 6) is 0.570. The molecule has 1 saturated carbocycles. The van der Waals surface area contributed by atoms with E-state index < -0.39 is 0 Å². The van der Waals surface area contributed by atoms with Gasteiger partial charge in [-0.1, -0.05) is 159 Å². The predicted octanol–water partition coefficient (Wildman–Crippen LogP) is 16.7. The van der Waals surface area contributed by atoms with E-state index in [-0.39, 0.29) is 0 Å². The minimum absolute atomic E-state index is 0.570. The SMILES string of the molecule is c1ccc(-n2c3ccccc3c3ccc(-c4ccccc4N(c4ccc5oc6ccccc6c5c4)c4ccccc4-c4cccc5cccc(C6CCCCC6)c45)cc32)cc1. The van der Waals surface area contributed by atoms with Crippen molar-refractivity contribution >= 4 is 71.6 Å². The molecule has 0 N–H and O–H groups in total. The third-order valence-electron chi connectivity index (χ3n) is 13.2. The molecule has 11 aromatic rings. The summed E-state index contributed by atoms with van der Waals surface area (Å²) in [6.45, 7) is 0. The van der Waals surface area contributed by atoms with Gasteiger partial charge in [-0.2, -0.15) is 0 Å². The highest BCUT2D eigenvalue weighted by Crippen LogP contribution is 2.49. The van der Waals surface area contributed by atoms with Gasteiger partial charge in [-0.15, -0.1) is 0 Å². The molecule has 2 heterocycles. The summed E-state index contributed by atoms with van der Waals surface area (Å²) in [4.78, 5) is 2.49. The molecule has 0 saturated heterocycles. The van der Waals surface area contributed by atoms with Gasteiger partial charge in [-0.3, -0.25) is 0 Å². The van der Waals surface area contributed by atoms with Crippen molar-refractivity contribution in [3.8, 4) is 27.9 Å². The van der Waals surface area contributed by atoms with E-state index in [2.05, 4.69) is 204 Å². The molecule has 12 rings (SSSR count). The Morgan fingerprint density at radius 3 is 1.95 bits per heavy atom. The molecule has 1 aliphatic carbocycles. The van der Waals surface area contributed by atoms with E-state index in [0.717, 1.165) is 55.8 Å². The van der Waals surface area contributed by atoms with Crippen LogP contribution in [-0.2, 0) is 0 Å². The quantitative estimate of drug-likeness (QED) is 0.161. The predicted molar refractivity (Wildman–Crippen MR) is 257 cm³/mol. The fourth-order valence-electron chi connectivity index (χ4n) is 10.4. The van der Waals surface area contributed by atoms with Gasteiger partial charge in [0.05, 0.1) is 22.4 Å². The summed E-state index contributed by atoms with van der Waals surface area (Å²) in [6, 6.07) is 73.4. The van der Waals surface area contributed by atoms with Gasteiger partial charge >= 0.3 is 0 Å². The van der Waals surface area contributed by atoms with Gasteiger partial charge in [0.2, 0.25) is 0 Å². The topological polar surface area (TPSA) is 21.3 Å². The van der Waals surface area contributed by atoms with Crippen molar-refractivity contribution < 1.29 is 4.42 Å². The van der Waals surface area contributed by atoms with E-state index in [9.17, 15) is 0 Å². The Labute approximate surface area is 355 Å². The largest absolute Gasteiger partial charge is 0.456 e. The monoisotopic (exact) mass is 784 g/mol. The molecule has 2 aromatic heterocycles. The number of hydrogen-bond donors (Lipinski definition) is 0. The van der Waals surface area contributed by atoms with Crippen molar-refractivity contribution in [2.24, 2.45) is 0 Å². The maximum Gasteiger partial charge on any atom is 0.135 e. The first-order valence-corrected chi connectivity index (χ1v) is 21.8. The van der Waals surface area contributed by atoms with Gasteiger partial charge in [0.25, 0.3) is 0 Å². The number of rotatable bonds is 7. The average molecular weight is 785 g/mol. The fourth-order valence-corrected chi connectivity index (χ4v) is 10.4. The standard InChI is InChI=1S/C58H44N2O/c1-3-17-39(18-4-1)45-27-15-19-40-20-16-28-50(58(40)45)47-25-9-13-31-54(47)60(43-34-36-57-51(38-43)49-26-10-14-32-56(49)61-57)52-29-11-7-23-44(52)41-33-35-48-46-24-8-12-30-53(46)59(55(48)37-41)42-21-5-2-6-22-42/h2,5-16,19-39H,1,3-4,17-18H2. The number of fused-ring (bicyclic) bond motifs is 7. The highest BCUT2D eigenvalue weighted by atomic mass is 16.3. The van der Waals surface area contributed by atoms with Crippen molar-refractivity contribution in [3.05, 3.63) is 206 Å². The lowest BCUT2D eigenvalue weighted by molar-refractivity contribution is 0.445. The summed E-state index contributed by atoms with van der Waals surface area (Å²) in [5.41, 5.74) is 14.9. The Balaban J connectivity index is 1.11. The molecule has 0 bridgehead atoms. The zero-order valence-corrected chi connectivity index (χ0v) is 34.0. The first kappa shape index (κ1) is 35.6. The Morgan fingerprint density at radius 1 is 0.443 bits per heavy atom. The minimum Gasteiger partial charge on any atom is -0.456 e. The van der Waals surface area contributed by atoms with Gasteiger partial charge in [0, 0.05) is 44.0 Å². The van der Waals surface area contributed by atoms with E-state index in [4.69, 9.17) is 4.42 Å². The molecule has 3 nitrogen and oxygen atoms in total. The molecule has 0 aliphatic heterocycles. The summed E-state index contributed by atoms with van der Waals surface area (Å²) in [7, 11) is 0. The van der Waals surface area contributed by atoms with Crippen molar-refractivity contribution in [2.45, 2.75) is 38.0 Å². The Hall–Kier alpha value is -7.36. The first-order chi connectivity index (χ1) is 30.3. The second-order valence-corrected chi connectivity index (χ2v) is 16.7. The van der Waals surface area contributed by atoms with Crippen LogP contribution >= 0.6 is 0 Å². The summed E-state index contributed by atoms with van der Waals surface area (Å²) < 4.78 is 8.81. The molecule has 0 radical (unpaired) electrons. The molecule has 3 heteroatoms. The van der Waals surface area contributed by atoms with Crippen molar-refractivity contribution in [1.82, 2.24) is 4.57 Å². The number of nitrogens with zero attached hydrogens (tertiary/aromatic N) is 2. The normalized spacial score (nSPS) is 13.5. The highest BCUT2D eigenvalue weighted by Gasteiger charge is 2.25. The molecular formula is C58H44N2O. The highest BCUT2D eigenvalue weighted by molar-refractivity contribution is 6.11. The lowest BCUT2D eigenvalue weighted by Crippen LogP contribution is -2.12. The number of hydrogen-bond acceptors (Lipinski definition) is 2. The van der Waals surface area contributed by atoms with E-state index in [1.54, 1.807) is 0 Å². The van der Waals surface area contributed by atoms with Crippen molar-refractivity contribution in [3.63, 3.8) is 0 Å². The van der Waals surface area contributed by atoms with Crippen LogP contribution in [0.1, 0.15) is 43.6 Å². The molecule has 0 amide bonds. The Bertz CT molecular complexity index is 3420. The van der Waals surface area contributed by atoms with Crippen molar-refractivity contribution in [2.75, 3.05) is 4.90 Å². The molecule has 0 spiro atoms. The van der Waals surface area contributed by atoms with E-state index >= 15 is 0 Å².